The van der Waals surface area contributed by atoms with Crippen molar-refractivity contribution in [3.63, 3.8) is 0 Å². The second kappa shape index (κ2) is 9.32. The molecule has 0 unspecified atom stereocenters. The number of ether oxygens (including phenoxy) is 1. The molecule has 0 aliphatic carbocycles. The number of cyclic esters (lactones) is 1. The van der Waals surface area contributed by atoms with Crippen molar-refractivity contribution >= 4 is 12.0 Å². The van der Waals surface area contributed by atoms with Crippen LogP contribution in [0.5, 0.6) is 0 Å². The minimum absolute atomic E-state index is 0.143. The van der Waals surface area contributed by atoms with Gasteiger partial charge in [0.1, 0.15) is 5.60 Å². The lowest BCUT2D eigenvalue weighted by atomic mass is 9.84. The van der Waals surface area contributed by atoms with Crippen molar-refractivity contribution in [2.45, 2.75) is 37.8 Å². The van der Waals surface area contributed by atoms with Gasteiger partial charge in [0.15, 0.2) is 0 Å². The number of hydrogen-bond donors (Lipinski definition) is 2. The molecule has 2 amide bonds. The molecule has 2 aromatic carbocycles. The Morgan fingerprint density at radius 3 is 2.36 bits per heavy atom. The largest absolute Gasteiger partial charge is 0.438 e. The van der Waals surface area contributed by atoms with E-state index in [0.29, 0.717) is 19.4 Å². The Hall–Kier alpha value is -3.87. The van der Waals surface area contributed by atoms with Gasteiger partial charge in [-0.15, -0.1) is 0 Å². The van der Waals surface area contributed by atoms with Crippen LogP contribution < -0.4 is 11.3 Å². The minimum Gasteiger partial charge on any atom is -0.438 e. The highest BCUT2D eigenvalue weighted by Gasteiger charge is 2.43. The third kappa shape index (κ3) is 4.82. The van der Waals surface area contributed by atoms with Crippen molar-refractivity contribution in [1.29, 1.82) is 0 Å². The van der Waals surface area contributed by atoms with Crippen LogP contribution in [0, 0.1) is 0 Å². The first-order valence-electron chi connectivity index (χ1n) is 11.0. The highest BCUT2D eigenvalue weighted by Crippen LogP contribution is 2.40. The molecular formula is C26H27N3O4. The predicted molar refractivity (Wildman–Crippen MR) is 125 cm³/mol. The first-order chi connectivity index (χ1) is 15.9. The number of carbonyl (C=O) groups is 2. The number of nitrogens with one attached hydrogen (secondary N) is 1. The summed E-state index contributed by atoms with van der Waals surface area (Å²) in [5.74, 6) is -0.417. The topological polar surface area (TPSA) is 105 Å². The number of pyridine rings is 1. The van der Waals surface area contributed by atoms with E-state index in [1.165, 1.54) is 6.07 Å². The Morgan fingerprint density at radius 2 is 1.76 bits per heavy atom. The highest BCUT2D eigenvalue weighted by molar-refractivity contribution is 5.74. The van der Waals surface area contributed by atoms with Crippen LogP contribution in [0.1, 0.15) is 43.4 Å². The number of aromatic nitrogens is 1. The fraction of sp³-hybridized carbons (Fsp3) is 0.269. The number of amides is 2. The predicted octanol–water partition coefficient (Wildman–Crippen LogP) is 4.11. The molecule has 3 N–H and O–H groups in total. The Labute approximate surface area is 192 Å². The average Bonchev–Trinajstić information content (AvgIpc) is 2.83. The number of aromatic amines is 1. The van der Waals surface area contributed by atoms with E-state index in [4.69, 9.17) is 10.5 Å². The van der Waals surface area contributed by atoms with Gasteiger partial charge in [0, 0.05) is 38.1 Å². The lowest BCUT2D eigenvalue weighted by Crippen LogP contribution is -2.49. The molecule has 1 fully saturated rings. The SMILES string of the molecule is C[C@@H](c1ccc(-c2ccc(=O)[nH]c2)cc1)N1CC[C@@](CCC(N)=O)(c2ccccc2)OC1=O. The summed E-state index contributed by atoms with van der Waals surface area (Å²) in [6, 6.07) is 20.5. The fourth-order valence-corrected chi connectivity index (χ4v) is 4.34. The summed E-state index contributed by atoms with van der Waals surface area (Å²) in [6.45, 7) is 2.46. The summed E-state index contributed by atoms with van der Waals surface area (Å²) in [6.07, 6.45) is 2.33. The summed E-state index contributed by atoms with van der Waals surface area (Å²) in [4.78, 5) is 40.2. The zero-order valence-corrected chi connectivity index (χ0v) is 18.5. The number of carbonyl (C=O) groups excluding carboxylic acids is 2. The van der Waals surface area contributed by atoms with Gasteiger partial charge < -0.3 is 20.4 Å². The molecule has 0 radical (unpaired) electrons. The van der Waals surface area contributed by atoms with E-state index < -0.39 is 17.6 Å². The van der Waals surface area contributed by atoms with Crippen LogP contribution in [0.25, 0.3) is 11.1 Å². The van der Waals surface area contributed by atoms with Crippen molar-refractivity contribution in [3.8, 4) is 11.1 Å². The summed E-state index contributed by atoms with van der Waals surface area (Å²) in [5, 5.41) is 0. The van der Waals surface area contributed by atoms with Crippen LogP contribution in [0.2, 0.25) is 0 Å². The first-order valence-corrected chi connectivity index (χ1v) is 11.0. The highest BCUT2D eigenvalue weighted by atomic mass is 16.6. The number of rotatable bonds is 7. The van der Waals surface area contributed by atoms with Gasteiger partial charge in [0.05, 0.1) is 6.04 Å². The maximum atomic E-state index is 13.1. The summed E-state index contributed by atoms with van der Waals surface area (Å²) >= 11 is 0. The molecule has 1 aliphatic rings. The zero-order chi connectivity index (χ0) is 23.4. The maximum absolute atomic E-state index is 13.1. The van der Waals surface area contributed by atoms with E-state index in [2.05, 4.69) is 4.98 Å². The van der Waals surface area contributed by atoms with Crippen LogP contribution in [0.15, 0.2) is 77.7 Å². The van der Waals surface area contributed by atoms with Crippen LogP contribution in [0.3, 0.4) is 0 Å². The van der Waals surface area contributed by atoms with Crippen LogP contribution in [-0.4, -0.2) is 28.4 Å². The third-order valence-electron chi connectivity index (χ3n) is 6.33. The van der Waals surface area contributed by atoms with Crippen LogP contribution in [0.4, 0.5) is 4.79 Å². The fourth-order valence-electron chi connectivity index (χ4n) is 4.34. The van der Waals surface area contributed by atoms with Gasteiger partial charge in [0.25, 0.3) is 0 Å². The Kier molecular flexibility index (Phi) is 6.31. The number of hydrogen-bond acceptors (Lipinski definition) is 4. The normalized spacial score (nSPS) is 19.1. The Morgan fingerprint density at radius 1 is 1.06 bits per heavy atom. The molecule has 3 aromatic rings. The smallest absolute Gasteiger partial charge is 0.411 e. The first kappa shape index (κ1) is 22.3. The zero-order valence-electron chi connectivity index (χ0n) is 18.5. The van der Waals surface area contributed by atoms with Gasteiger partial charge in [-0.05, 0) is 35.2 Å². The van der Waals surface area contributed by atoms with E-state index in [1.807, 2.05) is 61.5 Å². The molecule has 7 nitrogen and oxygen atoms in total. The summed E-state index contributed by atoms with van der Waals surface area (Å²) in [5.41, 5.74) is 8.11. The Balaban J connectivity index is 1.51. The second-order valence-corrected chi connectivity index (χ2v) is 8.38. The lowest BCUT2D eigenvalue weighted by Gasteiger charge is -2.43. The average molecular weight is 446 g/mol. The van der Waals surface area contributed by atoms with Crippen LogP contribution >= 0.6 is 0 Å². The monoisotopic (exact) mass is 445 g/mol. The number of benzene rings is 2. The molecule has 0 saturated carbocycles. The van der Waals surface area contributed by atoms with Gasteiger partial charge in [-0.1, -0.05) is 54.6 Å². The van der Waals surface area contributed by atoms with Gasteiger partial charge in [-0.3, -0.25) is 9.59 Å². The van der Waals surface area contributed by atoms with Gasteiger partial charge >= 0.3 is 6.09 Å². The molecule has 170 valence electrons. The van der Waals surface area contributed by atoms with Crippen molar-refractivity contribution in [1.82, 2.24) is 9.88 Å². The van der Waals surface area contributed by atoms with Gasteiger partial charge in [-0.2, -0.15) is 0 Å². The molecule has 1 aromatic heterocycles. The number of H-pyrrole nitrogens is 1. The number of nitrogens with zero attached hydrogens (tertiary/aromatic N) is 1. The molecular weight excluding hydrogens is 418 g/mol. The van der Waals surface area contributed by atoms with Gasteiger partial charge in [0.2, 0.25) is 11.5 Å². The summed E-state index contributed by atoms with van der Waals surface area (Å²) in [7, 11) is 0. The maximum Gasteiger partial charge on any atom is 0.411 e. The van der Waals surface area contributed by atoms with Crippen molar-refractivity contribution in [3.05, 3.63) is 94.4 Å². The molecule has 7 heteroatoms. The molecule has 0 spiro atoms. The third-order valence-corrected chi connectivity index (χ3v) is 6.33. The van der Waals surface area contributed by atoms with E-state index >= 15 is 0 Å². The number of primary amides is 1. The molecule has 2 heterocycles. The second-order valence-electron chi connectivity index (χ2n) is 8.38. The molecule has 2 atom stereocenters. The van der Waals surface area contributed by atoms with Crippen molar-refractivity contribution < 1.29 is 14.3 Å². The minimum atomic E-state index is -0.863. The van der Waals surface area contributed by atoms with E-state index in [9.17, 15) is 14.4 Å². The van der Waals surface area contributed by atoms with Crippen molar-refractivity contribution in [2.75, 3.05) is 6.54 Å². The quantitative estimate of drug-likeness (QED) is 0.571. The molecule has 1 saturated heterocycles. The standard InChI is InChI=1S/C26H27N3O4/c1-18(19-7-9-20(10-8-19)21-11-12-24(31)28-17-21)29-16-15-26(33-25(29)32,14-13-23(27)30)22-5-3-2-4-6-22/h2-12,17-18H,13-16H2,1H3,(H2,27,30)(H,28,31)/t18-,26-/m0/s1. The molecule has 0 bridgehead atoms. The van der Waals surface area contributed by atoms with Crippen LogP contribution in [-0.2, 0) is 15.1 Å². The van der Waals surface area contributed by atoms with E-state index in [-0.39, 0.29) is 18.0 Å². The molecule has 33 heavy (non-hydrogen) atoms. The van der Waals surface area contributed by atoms with E-state index in [0.717, 1.165) is 22.3 Å². The number of nitrogens with two attached hydrogens (primary N) is 1. The Bertz CT molecular complexity index is 1170. The van der Waals surface area contributed by atoms with E-state index in [1.54, 1.807) is 17.2 Å². The van der Waals surface area contributed by atoms with Crippen molar-refractivity contribution in [2.24, 2.45) is 5.73 Å². The lowest BCUT2D eigenvalue weighted by molar-refractivity contribution is -0.121. The molecule has 4 rings (SSSR count). The summed E-state index contributed by atoms with van der Waals surface area (Å²) < 4.78 is 6.02. The molecule has 1 aliphatic heterocycles. The van der Waals surface area contributed by atoms with Gasteiger partial charge in [-0.25, -0.2) is 4.79 Å².